The predicted molar refractivity (Wildman–Crippen MR) is 64.6 cm³/mol. The van der Waals surface area contributed by atoms with Crippen LogP contribution in [0.4, 0.5) is 5.69 Å². The Morgan fingerprint density at radius 3 is 2.65 bits per heavy atom. The number of hydrogen-bond donors (Lipinski definition) is 1. The number of rotatable bonds is 1. The number of halogens is 3. The zero-order valence-corrected chi connectivity index (χ0v) is 10.8. The van der Waals surface area contributed by atoms with Crippen molar-refractivity contribution in [3.63, 3.8) is 0 Å². The van der Waals surface area contributed by atoms with Gasteiger partial charge in [-0.3, -0.25) is 4.79 Å². The molecule has 1 aromatic carbocycles. The second kappa shape index (κ2) is 4.05. The number of amides is 1. The average Bonchev–Trinajstić information content (AvgIpc) is 2.53. The highest BCUT2D eigenvalue weighted by molar-refractivity contribution is 6.50. The molecule has 1 N–H and O–H groups in total. The SMILES string of the molecule is COC(=O)C1(Cl)C(=O)Nc2c(Cl)cc(Cl)cc21. The minimum Gasteiger partial charge on any atom is -0.467 e. The monoisotopic (exact) mass is 293 g/mol. The number of esters is 1. The van der Waals surface area contributed by atoms with Gasteiger partial charge in [0.25, 0.3) is 5.91 Å². The van der Waals surface area contributed by atoms with Crippen LogP contribution in [0.5, 0.6) is 0 Å². The average molecular weight is 295 g/mol. The van der Waals surface area contributed by atoms with E-state index in [1.54, 1.807) is 0 Å². The van der Waals surface area contributed by atoms with Gasteiger partial charge in [-0.25, -0.2) is 4.79 Å². The summed E-state index contributed by atoms with van der Waals surface area (Å²) >= 11 is 17.8. The van der Waals surface area contributed by atoms with E-state index in [1.165, 1.54) is 12.1 Å². The first-order chi connectivity index (χ1) is 7.91. The molecule has 4 nitrogen and oxygen atoms in total. The Hall–Kier alpha value is -0.970. The summed E-state index contributed by atoms with van der Waals surface area (Å²) in [5.74, 6) is -1.58. The van der Waals surface area contributed by atoms with Gasteiger partial charge in [0.15, 0.2) is 0 Å². The highest BCUT2D eigenvalue weighted by Gasteiger charge is 2.53. The molecule has 0 aromatic heterocycles. The first kappa shape index (κ1) is 12.5. The fourth-order valence-electron chi connectivity index (χ4n) is 1.64. The van der Waals surface area contributed by atoms with Crippen LogP contribution < -0.4 is 5.32 Å². The van der Waals surface area contributed by atoms with E-state index < -0.39 is 16.8 Å². The fourth-order valence-corrected chi connectivity index (χ4v) is 2.45. The van der Waals surface area contributed by atoms with Gasteiger partial charge < -0.3 is 10.1 Å². The van der Waals surface area contributed by atoms with Crippen molar-refractivity contribution >= 4 is 52.4 Å². The maximum absolute atomic E-state index is 11.8. The number of benzene rings is 1. The van der Waals surface area contributed by atoms with Gasteiger partial charge in [-0.15, -0.1) is 0 Å². The first-order valence-corrected chi connectivity index (χ1v) is 5.63. The van der Waals surface area contributed by atoms with Crippen molar-refractivity contribution in [3.05, 3.63) is 27.7 Å². The van der Waals surface area contributed by atoms with E-state index in [-0.39, 0.29) is 21.3 Å². The molecule has 7 heteroatoms. The van der Waals surface area contributed by atoms with E-state index >= 15 is 0 Å². The van der Waals surface area contributed by atoms with Crippen LogP contribution in [0.15, 0.2) is 12.1 Å². The van der Waals surface area contributed by atoms with Gasteiger partial charge in [-0.2, -0.15) is 0 Å². The summed E-state index contributed by atoms with van der Waals surface area (Å²) in [6, 6.07) is 2.85. The van der Waals surface area contributed by atoms with Crippen molar-refractivity contribution in [3.8, 4) is 0 Å². The van der Waals surface area contributed by atoms with Gasteiger partial charge in [-0.05, 0) is 12.1 Å². The van der Waals surface area contributed by atoms with Crippen LogP contribution in [-0.2, 0) is 19.2 Å². The van der Waals surface area contributed by atoms with Crippen molar-refractivity contribution in [1.29, 1.82) is 0 Å². The number of alkyl halides is 1. The molecule has 17 heavy (non-hydrogen) atoms. The molecular formula is C10H6Cl3NO3. The molecule has 0 saturated carbocycles. The van der Waals surface area contributed by atoms with Gasteiger partial charge in [0.1, 0.15) is 0 Å². The lowest BCUT2D eigenvalue weighted by atomic mass is 10.00. The fraction of sp³-hybridized carbons (Fsp3) is 0.200. The van der Waals surface area contributed by atoms with Crippen LogP contribution >= 0.6 is 34.8 Å². The molecule has 1 unspecified atom stereocenters. The molecule has 0 spiro atoms. The van der Waals surface area contributed by atoms with Crippen LogP contribution in [0.2, 0.25) is 10.0 Å². The van der Waals surface area contributed by atoms with Crippen molar-refractivity contribution in [2.45, 2.75) is 4.87 Å². The van der Waals surface area contributed by atoms with E-state index in [1.807, 2.05) is 0 Å². The van der Waals surface area contributed by atoms with Crippen molar-refractivity contribution in [1.82, 2.24) is 0 Å². The van der Waals surface area contributed by atoms with Crippen LogP contribution in [0.3, 0.4) is 0 Å². The molecule has 0 fully saturated rings. The Labute approximate surface area is 112 Å². The highest BCUT2D eigenvalue weighted by Crippen LogP contribution is 2.46. The Balaban J connectivity index is 2.69. The number of carbonyl (C=O) groups is 2. The minimum absolute atomic E-state index is 0.202. The Morgan fingerprint density at radius 2 is 2.06 bits per heavy atom. The van der Waals surface area contributed by atoms with Crippen molar-refractivity contribution in [2.75, 3.05) is 12.4 Å². The van der Waals surface area contributed by atoms with Crippen LogP contribution in [0.1, 0.15) is 5.56 Å². The lowest BCUT2D eigenvalue weighted by molar-refractivity contribution is -0.146. The predicted octanol–water partition coefficient (Wildman–Crippen LogP) is 2.55. The molecule has 0 aliphatic carbocycles. The zero-order valence-electron chi connectivity index (χ0n) is 8.51. The smallest absolute Gasteiger partial charge is 0.341 e. The molecule has 0 radical (unpaired) electrons. The third-order valence-electron chi connectivity index (χ3n) is 2.44. The van der Waals surface area contributed by atoms with E-state index in [0.717, 1.165) is 7.11 Å². The maximum atomic E-state index is 11.8. The quantitative estimate of drug-likeness (QED) is 0.492. The topological polar surface area (TPSA) is 55.4 Å². The highest BCUT2D eigenvalue weighted by atomic mass is 35.5. The first-order valence-electron chi connectivity index (χ1n) is 4.49. The lowest BCUT2D eigenvalue weighted by Crippen LogP contribution is -2.37. The Bertz CT molecular complexity index is 532. The molecule has 1 aliphatic rings. The number of hydrogen-bond acceptors (Lipinski definition) is 3. The number of fused-ring (bicyclic) bond motifs is 1. The second-order valence-electron chi connectivity index (χ2n) is 3.41. The maximum Gasteiger partial charge on any atom is 0.341 e. The molecule has 2 rings (SSSR count). The van der Waals surface area contributed by atoms with E-state index in [2.05, 4.69) is 10.1 Å². The molecule has 0 saturated heterocycles. The molecule has 1 aliphatic heterocycles. The number of carbonyl (C=O) groups excluding carboxylic acids is 2. The van der Waals surface area contributed by atoms with Crippen molar-refractivity contribution < 1.29 is 14.3 Å². The summed E-state index contributed by atoms with van der Waals surface area (Å²) in [6.07, 6.45) is 0. The summed E-state index contributed by atoms with van der Waals surface area (Å²) in [7, 11) is 1.14. The van der Waals surface area contributed by atoms with Crippen LogP contribution in [0, 0.1) is 0 Å². The number of anilines is 1. The van der Waals surface area contributed by atoms with Gasteiger partial charge in [0.2, 0.25) is 4.87 Å². The van der Waals surface area contributed by atoms with Gasteiger partial charge in [-0.1, -0.05) is 34.8 Å². The molecule has 90 valence electrons. The Kier molecular flexibility index (Phi) is 2.97. The normalized spacial score (nSPS) is 22.0. The summed E-state index contributed by atoms with van der Waals surface area (Å²) in [5, 5.41) is 2.93. The van der Waals surface area contributed by atoms with E-state index in [9.17, 15) is 9.59 Å². The molecule has 1 aromatic rings. The van der Waals surface area contributed by atoms with Crippen LogP contribution in [-0.4, -0.2) is 19.0 Å². The van der Waals surface area contributed by atoms with Gasteiger partial charge in [0.05, 0.1) is 17.8 Å². The second-order valence-corrected chi connectivity index (χ2v) is 4.82. The number of methoxy groups -OCH3 is 1. The van der Waals surface area contributed by atoms with E-state index in [0.29, 0.717) is 0 Å². The minimum atomic E-state index is -1.93. The summed E-state index contributed by atoms with van der Waals surface area (Å²) in [5.41, 5.74) is 0.481. The van der Waals surface area contributed by atoms with Crippen LogP contribution in [0.25, 0.3) is 0 Å². The van der Waals surface area contributed by atoms with Gasteiger partial charge >= 0.3 is 5.97 Å². The largest absolute Gasteiger partial charge is 0.467 e. The zero-order chi connectivity index (χ0) is 12.8. The van der Waals surface area contributed by atoms with Gasteiger partial charge in [0, 0.05) is 10.6 Å². The third kappa shape index (κ3) is 1.68. The number of nitrogens with one attached hydrogen (secondary N) is 1. The standard InChI is InChI=1S/C10H6Cl3NO3/c1-17-9(16)10(13)5-2-4(11)3-6(12)7(5)14-8(10)15/h2-3H,1H3,(H,14,15). The molecular weight excluding hydrogens is 288 g/mol. The number of ether oxygens (including phenoxy) is 1. The van der Waals surface area contributed by atoms with E-state index in [4.69, 9.17) is 34.8 Å². The molecule has 1 heterocycles. The Morgan fingerprint density at radius 1 is 1.41 bits per heavy atom. The molecule has 1 atom stereocenters. The summed E-state index contributed by atoms with van der Waals surface area (Å²) < 4.78 is 4.53. The lowest BCUT2D eigenvalue weighted by Gasteiger charge is -2.16. The molecule has 1 amide bonds. The summed E-state index contributed by atoms with van der Waals surface area (Å²) in [6.45, 7) is 0. The molecule has 0 bridgehead atoms. The third-order valence-corrected chi connectivity index (χ3v) is 3.49. The van der Waals surface area contributed by atoms with Crippen molar-refractivity contribution in [2.24, 2.45) is 0 Å². The summed E-state index contributed by atoms with van der Waals surface area (Å²) in [4.78, 5) is 21.5.